The number of amides is 2. The van der Waals surface area contributed by atoms with E-state index in [0.29, 0.717) is 19.4 Å². The van der Waals surface area contributed by atoms with E-state index in [4.69, 9.17) is 0 Å². The van der Waals surface area contributed by atoms with E-state index in [0.717, 1.165) is 32.2 Å². The largest absolute Gasteiger partial charge is 0.451 e. The summed E-state index contributed by atoms with van der Waals surface area (Å²) in [4.78, 5) is 27.2. The van der Waals surface area contributed by atoms with Gasteiger partial charge in [0, 0.05) is 25.9 Å². The highest BCUT2D eigenvalue weighted by atomic mass is 16.4. The number of carbonyl (C=O) groups excluding carboxylic acids is 2. The van der Waals surface area contributed by atoms with Crippen molar-refractivity contribution in [2.75, 3.05) is 27.2 Å². The predicted molar refractivity (Wildman–Crippen MR) is 103 cm³/mol. The van der Waals surface area contributed by atoms with Gasteiger partial charge in [-0.05, 0) is 52.0 Å². The van der Waals surface area contributed by atoms with E-state index in [1.165, 1.54) is 6.92 Å². The zero-order valence-electron chi connectivity index (χ0n) is 16.8. The van der Waals surface area contributed by atoms with Gasteiger partial charge >= 0.3 is 7.12 Å². The zero-order valence-corrected chi connectivity index (χ0v) is 16.8. The van der Waals surface area contributed by atoms with Crippen molar-refractivity contribution in [2.24, 2.45) is 11.8 Å². The Morgan fingerprint density at radius 3 is 2.50 bits per heavy atom. The van der Waals surface area contributed by atoms with Gasteiger partial charge in [0.1, 0.15) is 5.54 Å². The molecule has 26 heavy (non-hydrogen) atoms. The lowest BCUT2D eigenvalue weighted by Crippen LogP contribution is -2.66. The molecular weight excluding hydrogens is 333 g/mol. The van der Waals surface area contributed by atoms with Gasteiger partial charge in [0.25, 0.3) is 0 Å². The third-order valence-corrected chi connectivity index (χ3v) is 5.27. The van der Waals surface area contributed by atoms with Crippen LogP contribution in [-0.2, 0) is 9.59 Å². The highest BCUT2D eigenvalue weighted by Crippen LogP contribution is 2.40. The van der Waals surface area contributed by atoms with Crippen LogP contribution in [0.3, 0.4) is 0 Å². The Bertz CT molecular complexity index is 462. The second-order valence-corrected chi connectivity index (χ2v) is 7.93. The number of carbonyl (C=O) groups is 2. The first-order valence-corrected chi connectivity index (χ1v) is 9.79. The molecule has 0 bridgehead atoms. The number of nitrogens with one attached hydrogen (secondary N) is 2. The van der Waals surface area contributed by atoms with E-state index >= 15 is 0 Å². The van der Waals surface area contributed by atoms with Gasteiger partial charge in [-0.25, -0.2) is 0 Å². The van der Waals surface area contributed by atoms with Gasteiger partial charge in [-0.3, -0.25) is 9.59 Å². The molecule has 7 nitrogen and oxygen atoms in total. The van der Waals surface area contributed by atoms with Crippen LogP contribution in [0.2, 0.25) is 6.32 Å². The van der Waals surface area contributed by atoms with E-state index in [1.54, 1.807) is 0 Å². The first-order valence-electron chi connectivity index (χ1n) is 9.79. The number of nitrogens with zero attached hydrogens (tertiary/aromatic N) is 1. The number of unbranched alkanes of at least 4 members (excludes halogenated alkanes) is 1. The van der Waals surface area contributed by atoms with E-state index in [1.807, 2.05) is 14.1 Å². The summed E-state index contributed by atoms with van der Waals surface area (Å²) >= 11 is 0. The molecule has 1 aliphatic rings. The molecule has 0 aromatic carbocycles. The molecular formula is C18H36BN3O4. The Labute approximate surface area is 158 Å². The Balaban J connectivity index is 3.05. The Morgan fingerprint density at radius 1 is 1.27 bits per heavy atom. The van der Waals surface area contributed by atoms with Gasteiger partial charge in [-0.1, -0.05) is 19.8 Å². The lowest BCUT2D eigenvalue weighted by atomic mass is 9.65. The summed E-state index contributed by atoms with van der Waals surface area (Å²) in [5.74, 6) is -0.109. The summed E-state index contributed by atoms with van der Waals surface area (Å²) in [7, 11) is 2.62. The van der Waals surface area contributed by atoms with E-state index in [9.17, 15) is 19.6 Å². The summed E-state index contributed by atoms with van der Waals surface area (Å²) in [6.07, 6.45) is 5.11. The molecule has 1 saturated carbocycles. The molecule has 0 saturated heterocycles. The molecule has 0 aromatic heterocycles. The molecule has 3 atom stereocenters. The first-order chi connectivity index (χ1) is 12.2. The third kappa shape index (κ3) is 6.89. The monoisotopic (exact) mass is 369 g/mol. The number of hydrogen-bond acceptors (Lipinski definition) is 5. The number of hydrogen-bond donors (Lipinski definition) is 4. The second kappa shape index (κ2) is 10.9. The molecule has 0 aliphatic heterocycles. The average molecular weight is 369 g/mol. The van der Waals surface area contributed by atoms with Crippen LogP contribution in [0.4, 0.5) is 0 Å². The van der Waals surface area contributed by atoms with Crippen molar-refractivity contribution in [1.82, 2.24) is 15.5 Å². The topological polar surface area (TPSA) is 102 Å². The van der Waals surface area contributed by atoms with E-state index < -0.39 is 12.7 Å². The quantitative estimate of drug-likeness (QED) is 0.334. The van der Waals surface area contributed by atoms with Gasteiger partial charge in [0.05, 0.1) is 0 Å². The molecule has 0 heterocycles. The van der Waals surface area contributed by atoms with Crippen molar-refractivity contribution in [3.63, 3.8) is 0 Å². The molecule has 0 spiro atoms. The maximum absolute atomic E-state index is 13.2. The Hall–Kier alpha value is -1.12. The van der Waals surface area contributed by atoms with Crippen LogP contribution in [0.5, 0.6) is 0 Å². The predicted octanol–water partition coefficient (Wildman–Crippen LogP) is 0.618. The summed E-state index contributed by atoms with van der Waals surface area (Å²) in [5.41, 5.74) is -0.937. The summed E-state index contributed by atoms with van der Waals surface area (Å²) in [6, 6.07) is 0. The summed E-state index contributed by atoms with van der Waals surface area (Å²) in [5, 5.41) is 24.4. The van der Waals surface area contributed by atoms with Crippen molar-refractivity contribution in [3.05, 3.63) is 0 Å². The van der Waals surface area contributed by atoms with Gasteiger partial charge in [0.2, 0.25) is 11.8 Å². The molecule has 150 valence electrons. The fourth-order valence-corrected chi connectivity index (χ4v) is 4.06. The minimum absolute atomic E-state index is 0.0262. The molecule has 4 N–H and O–H groups in total. The van der Waals surface area contributed by atoms with Crippen molar-refractivity contribution in [2.45, 2.75) is 64.2 Å². The molecule has 2 amide bonds. The van der Waals surface area contributed by atoms with Crippen molar-refractivity contribution in [1.29, 1.82) is 0 Å². The van der Waals surface area contributed by atoms with E-state index in [-0.39, 0.29) is 30.0 Å². The van der Waals surface area contributed by atoms with Crippen LogP contribution in [0.25, 0.3) is 0 Å². The fourth-order valence-electron chi connectivity index (χ4n) is 4.06. The molecule has 0 aromatic rings. The highest BCUT2D eigenvalue weighted by molar-refractivity contribution is 6.40. The standard InChI is InChI=1S/C18H36BN3O4/c1-5-6-11-20-17(24)18(21-14(2)23)12-15(9-10-19(25)26)7-8-16(18)13-22(3)4/h15-16,25-26H,5-13H2,1-4H3,(H,20,24)(H,21,23)/t15-,16-,18+/m0/s1. The maximum atomic E-state index is 13.2. The van der Waals surface area contributed by atoms with Gasteiger partial charge in [0.15, 0.2) is 0 Å². The summed E-state index contributed by atoms with van der Waals surface area (Å²) in [6.45, 7) is 4.85. The minimum atomic E-state index is -1.33. The second-order valence-electron chi connectivity index (χ2n) is 7.93. The van der Waals surface area contributed by atoms with Gasteiger partial charge < -0.3 is 25.6 Å². The lowest BCUT2D eigenvalue weighted by Gasteiger charge is -2.47. The highest BCUT2D eigenvalue weighted by Gasteiger charge is 2.50. The minimum Gasteiger partial charge on any atom is -0.427 e. The Morgan fingerprint density at radius 2 is 1.96 bits per heavy atom. The smallest absolute Gasteiger partial charge is 0.427 e. The molecule has 1 rings (SSSR count). The van der Waals surface area contributed by atoms with Crippen LogP contribution in [0, 0.1) is 11.8 Å². The molecule has 0 unspecified atom stereocenters. The Kier molecular flexibility index (Phi) is 9.61. The zero-order chi connectivity index (χ0) is 19.7. The maximum Gasteiger partial charge on any atom is 0.451 e. The van der Waals surface area contributed by atoms with Crippen LogP contribution in [0.15, 0.2) is 0 Å². The molecule has 1 aliphatic carbocycles. The van der Waals surface area contributed by atoms with Crippen LogP contribution in [-0.4, -0.2) is 66.6 Å². The molecule has 0 radical (unpaired) electrons. The molecule has 1 fully saturated rings. The van der Waals surface area contributed by atoms with Gasteiger partial charge in [-0.2, -0.15) is 0 Å². The number of rotatable bonds is 10. The first kappa shape index (κ1) is 22.9. The van der Waals surface area contributed by atoms with Crippen molar-refractivity contribution >= 4 is 18.9 Å². The van der Waals surface area contributed by atoms with Crippen LogP contribution < -0.4 is 10.6 Å². The van der Waals surface area contributed by atoms with E-state index in [2.05, 4.69) is 22.5 Å². The van der Waals surface area contributed by atoms with Crippen LogP contribution in [0.1, 0.15) is 52.4 Å². The molecule has 8 heteroatoms. The fraction of sp³-hybridized carbons (Fsp3) is 0.889. The van der Waals surface area contributed by atoms with Crippen molar-refractivity contribution in [3.8, 4) is 0 Å². The SMILES string of the molecule is CCCCNC(=O)[C@@]1(NC(C)=O)C[C@H](CCB(O)O)CC[C@H]1CN(C)C. The lowest BCUT2D eigenvalue weighted by molar-refractivity contribution is -0.138. The average Bonchev–Trinajstić information content (AvgIpc) is 2.54. The van der Waals surface area contributed by atoms with Crippen LogP contribution >= 0.6 is 0 Å². The normalized spacial score (nSPS) is 25.8. The van der Waals surface area contributed by atoms with Crippen molar-refractivity contribution < 1.29 is 19.6 Å². The van der Waals surface area contributed by atoms with Gasteiger partial charge in [-0.15, -0.1) is 0 Å². The third-order valence-electron chi connectivity index (χ3n) is 5.27. The summed E-state index contributed by atoms with van der Waals surface area (Å²) < 4.78 is 0.